The maximum atomic E-state index is 6.41. The number of halogens is 1. The van der Waals surface area contributed by atoms with E-state index in [2.05, 4.69) is 21.8 Å². The van der Waals surface area contributed by atoms with E-state index < -0.39 is 0 Å². The van der Waals surface area contributed by atoms with E-state index in [1.165, 1.54) is 11.8 Å². The summed E-state index contributed by atoms with van der Waals surface area (Å²) in [5.41, 5.74) is 13.2. The van der Waals surface area contributed by atoms with Crippen LogP contribution in [0.25, 0.3) is 0 Å². The molecule has 4 N–H and O–H groups in total. The summed E-state index contributed by atoms with van der Waals surface area (Å²) < 4.78 is 5.81. The van der Waals surface area contributed by atoms with Crippen LogP contribution in [0.3, 0.4) is 0 Å². The number of aryl methyl sites for hydroxylation is 1. The van der Waals surface area contributed by atoms with Gasteiger partial charge in [-0.05, 0) is 32.8 Å². The van der Waals surface area contributed by atoms with Gasteiger partial charge in [-0.3, -0.25) is 0 Å². The molecule has 0 amide bonds. The first-order chi connectivity index (χ1) is 13.4. The average Bonchev–Trinajstić information content (AvgIpc) is 2.96. The van der Waals surface area contributed by atoms with Gasteiger partial charge in [0.25, 0.3) is 0 Å². The molecule has 0 saturated carbocycles. The van der Waals surface area contributed by atoms with Crippen LogP contribution >= 0.6 is 23.4 Å². The summed E-state index contributed by atoms with van der Waals surface area (Å²) in [6.45, 7) is 6.62. The van der Waals surface area contributed by atoms with Crippen LogP contribution in [0.5, 0.6) is 0 Å². The number of piperidine rings is 1. The zero-order valence-electron chi connectivity index (χ0n) is 16.1. The normalized spacial score (nSPS) is 24.1. The third-order valence-corrected chi connectivity index (χ3v) is 7.57. The molecule has 1 spiro atoms. The maximum absolute atomic E-state index is 6.41. The lowest BCUT2D eigenvalue weighted by Crippen LogP contribution is -2.50. The zero-order valence-corrected chi connectivity index (χ0v) is 17.6. The van der Waals surface area contributed by atoms with E-state index in [0.29, 0.717) is 10.8 Å². The predicted octanol–water partition coefficient (Wildman–Crippen LogP) is 2.90. The molecule has 7 nitrogen and oxygen atoms in total. The summed E-state index contributed by atoms with van der Waals surface area (Å²) in [6.07, 6.45) is 5.64. The van der Waals surface area contributed by atoms with Crippen molar-refractivity contribution in [2.75, 3.05) is 30.3 Å². The number of hydrogen-bond acceptors (Lipinski definition) is 8. The highest BCUT2D eigenvalue weighted by Gasteiger charge is 2.47. The standard InChI is InChI=1S/C19H25ClN6OS/c1-11-18(28-13-3-6-23-17(22)15(13)20)24-9-14(25-11)26-7-4-19(5-8-26)10-27-12(2)16(19)21/h3,6,9,12,16H,4-5,7-8,10,21H2,1-2H3,(H2,22,23)/t12-,16+/m0/s1. The number of pyridine rings is 1. The van der Waals surface area contributed by atoms with E-state index in [1.54, 1.807) is 6.20 Å². The molecule has 0 bridgehead atoms. The summed E-state index contributed by atoms with van der Waals surface area (Å²) in [5, 5.41) is 1.26. The van der Waals surface area contributed by atoms with Gasteiger partial charge in [0.05, 0.1) is 29.6 Å². The molecule has 4 heterocycles. The fraction of sp³-hybridized carbons (Fsp3) is 0.526. The minimum atomic E-state index is 0.103. The van der Waals surface area contributed by atoms with Crippen molar-refractivity contribution in [2.45, 2.75) is 48.8 Å². The smallest absolute Gasteiger partial charge is 0.147 e. The number of aromatic nitrogens is 3. The highest BCUT2D eigenvalue weighted by Crippen LogP contribution is 2.42. The van der Waals surface area contributed by atoms with Gasteiger partial charge in [0.1, 0.15) is 16.7 Å². The van der Waals surface area contributed by atoms with Crippen LogP contribution in [0, 0.1) is 12.3 Å². The Bertz CT molecular complexity index is 873. The monoisotopic (exact) mass is 420 g/mol. The second-order valence-electron chi connectivity index (χ2n) is 7.62. The molecule has 28 heavy (non-hydrogen) atoms. The molecule has 0 aromatic carbocycles. The molecule has 2 aliphatic rings. The van der Waals surface area contributed by atoms with Gasteiger partial charge in [-0.2, -0.15) is 0 Å². The maximum Gasteiger partial charge on any atom is 0.147 e. The molecule has 4 rings (SSSR count). The second-order valence-corrected chi connectivity index (χ2v) is 9.03. The molecule has 2 aromatic rings. The Morgan fingerprint density at radius 1 is 1.32 bits per heavy atom. The third kappa shape index (κ3) is 3.54. The molecule has 2 saturated heterocycles. The lowest BCUT2D eigenvalue weighted by molar-refractivity contribution is 0.0974. The molecule has 2 aliphatic heterocycles. The van der Waals surface area contributed by atoms with Gasteiger partial charge in [-0.15, -0.1) is 0 Å². The third-order valence-electron chi connectivity index (χ3n) is 5.91. The number of nitrogens with zero attached hydrogens (tertiary/aromatic N) is 4. The van der Waals surface area contributed by atoms with Crippen molar-refractivity contribution in [3.8, 4) is 0 Å². The molecule has 0 unspecified atom stereocenters. The summed E-state index contributed by atoms with van der Waals surface area (Å²) in [6, 6.07) is 1.94. The lowest BCUT2D eigenvalue weighted by atomic mass is 9.73. The van der Waals surface area contributed by atoms with Crippen molar-refractivity contribution in [1.29, 1.82) is 0 Å². The van der Waals surface area contributed by atoms with Crippen LogP contribution in [0.1, 0.15) is 25.5 Å². The van der Waals surface area contributed by atoms with E-state index in [9.17, 15) is 0 Å². The average molecular weight is 421 g/mol. The Hall–Kier alpha value is -1.61. The van der Waals surface area contributed by atoms with Gasteiger partial charge in [0.2, 0.25) is 0 Å². The Morgan fingerprint density at radius 2 is 2.07 bits per heavy atom. The minimum Gasteiger partial charge on any atom is -0.382 e. The fourth-order valence-electron chi connectivity index (χ4n) is 3.99. The minimum absolute atomic E-state index is 0.103. The molecule has 0 radical (unpaired) electrons. The van der Waals surface area contributed by atoms with Gasteiger partial charge >= 0.3 is 0 Å². The lowest BCUT2D eigenvalue weighted by Gasteiger charge is -2.41. The Kier molecular flexibility index (Phi) is 5.39. The van der Waals surface area contributed by atoms with Crippen LogP contribution in [0.2, 0.25) is 5.02 Å². The Balaban J connectivity index is 1.46. The van der Waals surface area contributed by atoms with E-state index in [0.717, 1.165) is 54.0 Å². The van der Waals surface area contributed by atoms with Crippen LogP contribution in [0.15, 0.2) is 28.4 Å². The van der Waals surface area contributed by atoms with Crippen LogP contribution in [-0.2, 0) is 4.74 Å². The number of nitrogen functional groups attached to an aromatic ring is 1. The molecule has 9 heteroatoms. The number of rotatable bonds is 3. The first-order valence-corrected chi connectivity index (χ1v) is 10.6. The van der Waals surface area contributed by atoms with E-state index in [-0.39, 0.29) is 17.6 Å². The molecule has 2 atom stereocenters. The van der Waals surface area contributed by atoms with Crippen molar-refractivity contribution in [3.63, 3.8) is 0 Å². The van der Waals surface area contributed by atoms with Gasteiger partial charge in [0, 0.05) is 35.6 Å². The topological polar surface area (TPSA) is 103 Å². The van der Waals surface area contributed by atoms with Gasteiger partial charge in [0.15, 0.2) is 0 Å². The summed E-state index contributed by atoms with van der Waals surface area (Å²) in [5.74, 6) is 1.22. The number of nitrogens with two attached hydrogens (primary N) is 2. The number of anilines is 2. The molecular weight excluding hydrogens is 396 g/mol. The Labute approximate surface area is 174 Å². The highest BCUT2D eigenvalue weighted by molar-refractivity contribution is 7.99. The zero-order chi connectivity index (χ0) is 19.9. The van der Waals surface area contributed by atoms with E-state index in [4.69, 9.17) is 32.8 Å². The molecule has 0 aliphatic carbocycles. The van der Waals surface area contributed by atoms with Crippen molar-refractivity contribution in [3.05, 3.63) is 29.2 Å². The molecule has 2 fully saturated rings. The van der Waals surface area contributed by atoms with Crippen LogP contribution < -0.4 is 16.4 Å². The number of ether oxygens (including phenoxy) is 1. The fourth-order valence-corrected chi connectivity index (χ4v) is 5.05. The van der Waals surface area contributed by atoms with Gasteiger partial charge in [-0.1, -0.05) is 23.4 Å². The first-order valence-electron chi connectivity index (χ1n) is 9.43. The summed E-state index contributed by atoms with van der Waals surface area (Å²) in [4.78, 5) is 16.5. The molecule has 2 aromatic heterocycles. The van der Waals surface area contributed by atoms with Crippen molar-refractivity contribution in [1.82, 2.24) is 15.0 Å². The van der Waals surface area contributed by atoms with Gasteiger partial charge < -0.3 is 21.1 Å². The number of hydrogen-bond donors (Lipinski definition) is 2. The summed E-state index contributed by atoms with van der Waals surface area (Å²) in [7, 11) is 0. The quantitative estimate of drug-likeness (QED) is 0.781. The molecular formula is C19H25ClN6OS. The second kappa shape index (κ2) is 7.67. The van der Waals surface area contributed by atoms with E-state index in [1.807, 2.05) is 19.2 Å². The van der Waals surface area contributed by atoms with E-state index >= 15 is 0 Å². The van der Waals surface area contributed by atoms with Crippen molar-refractivity contribution >= 4 is 35.0 Å². The van der Waals surface area contributed by atoms with Crippen molar-refractivity contribution < 1.29 is 4.74 Å². The summed E-state index contributed by atoms with van der Waals surface area (Å²) >= 11 is 7.69. The Morgan fingerprint density at radius 3 is 2.71 bits per heavy atom. The van der Waals surface area contributed by atoms with Crippen LogP contribution in [-0.4, -0.2) is 46.8 Å². The van der Waals surface area contributed by atoms with Gasteiger partial charge in [-0.25, -0.2) is 15.0 Å². The first kappa shape index (κ1) is 19.7. The predicted molar refractivity (Wildman–Crippen MR) is 112 cm³/mol. The largest absolute Gasteiger partial charge is 0.382 e. The SMILES string of the molecule is Cc1nc(N2CCC3(CC2)CO[C@@H](C)[C@H]3N)cnc1Sc1ccnc(N)c1Cl. The van der Waals surface area contributed by atoms with Crippen molar-refractivity contribution in [2.24, 2.45) is 11.1 Å². The van der Waals surface area contributed by atoms with Crippen LogP contribution in [0.4, 0.5) is 11.6 Å². The molecule has 150 valence electrons. The highest BCUT2D eigenvalue weighted by atomic mass is 35.5.